The number of nitrogens with one attached hydrogen (secondary N) is 1. The van der Waals surface area contributed by atoms with Gasteiger partial charge < -0.3 is 4.90 Å². The van der Waals surface area contributed by atoms with Crippen LogP contribution < -0.4 is 9.62 Å². The van der Waals surface area contributed by atoms with Crippen LogP contribution in [0.2, 0.25) is 5.02 Å². The van der Waals surface area contributed by atoms with Gasteiger partial charge in [-0.2, -0.15) is 4.72 Å². The van der Waals surface area contributed by atoms with Crippen molar-refractivity contribution in [3.63, 3.8) is 0 Å². The number of amides is 1. The maximum Gasteiger partial charge on any atom is 0.245 e. The van der Waals surface area contributed by atoms with Gasteiger partial charge in [-0.1, -0.05) is 29.8 Å². The second kappa shape index (κ2) is 9.16. The molecule has 1 N–H and O–H groups in total. The van der Waals surface area contributed by atoms with E-state index in [1.807, 2.05) is 0 Å². The number of halogens is 2. The summed E-state index contributed by atoms with van der Waals surface area (Å²) in [4.78, 5) is 26.1. The van der Waals surface area contributed by atoms with Crippen molar-refractivity contribution in [2.45, 2.75) is 17.4 Å². The number of fused-ring (bicyclic) bond motifs is 1. The highest BCUT2D eigenvalue weighted by Crippen LogP contribution is 2.33. The summed E-state index contributed by atoms with van der Waals surface area (Å²) in [5.41, 5.74) is 1.06. The average Bonchev–Trinajstić information content (AvgIpc) is 3.45. The summed E-state index contributed by atoms with van der Waals surface area (Å²) in [6.07, 6.45) is 0.908. The van der Waals surface area contributed by atoms with Crippen molar-refractivity contribution in [2.75, 3.05) is 11.4 Å². The maximum atomic E-state index is 15.0. The van der Waals surface area contributed by atoms with Crippen LogP contribution in [0.1, 0.15) is 16.8 Å². The van der Waals surface area contributed by atoms with E-state index < -0.39 is 27.8 Å². The summed E-state index contributed by atoms with van der Waals surface area (Å²) in [6, 6.07) is 14.8. The number of sulfonamides is 1. The number of carbonyl (C=O) groups is 2. The third-order valence-corrected chi connectivity index (χ3v) is 8.59. The van der Waals surface area contributed by atoms with Crippen LogP contribution >= 0.6 is 22.9 Å². The number of hydrogen-bond acceptors (Lipinski definition) is 5. The number of carbonyl (C=O) groups excluding carboxylic acids is 2. The number of rotatable bonds is 6. The van der Waals surface area contributed by atoms with E-state index in [2.05, 4.69) is 4.72 Å². The molecule has 2 heterocycles. The van der Waals surface area contributed by atoms with Gasteiger partial charge in [0.15, 0.2) is 6.29 Å². The number of thiophene rings is 1. The standard InChI is InChI=1S/C25H18ClFN2O4S2/c26-19-4-1-16-12-20(5-2-15(16)11-19)35(32,33)28-22-7-9-29(25(22)31)23-6-3-17(13-21(23)27)24-18(14-30)8-10-34-24/h1-6,8,10-14,22,28H,7,9H2. The molecule has 1 fully saturated rings. The smallest absolute Gasteiger partial charge is 0.245 e. The van der Waals surface area contributed by atoms with E-state index in [9.17, 15) is 22.4 Å². The van der Waals surface area contributed by atoms with E-state index in [0.717, 1.165) is 5.39 Å². The van der Waals surface area contributed by atoms with Gasteiger partial charge in [-0.05, 0) is 70.6 Å². The van der Waals surface area contributed by atoms with Gasteiger partial charge in [0, 0.05) is 22.0 Å². The molecule has 0 saturated carbocycles. The largest absolute Gasteiger partial charge is 0.308 e. The third-order valence-electron chi connectivity index (χ3n) is 5.91. The fourth-order valence-corrected chi connectivity index (χ4v) is 6.46. The van der Waals surface area contributed by atoms with Crippen LogP contribution in [0, 0.1) is 5.82 Å². The Bertz CT molecular complexity index is 1590. The molecule has 0 spiro atoms. The Morgan fingerprint density at radius 2 is 1.83 bits per heavy atom. The average molecular weight is 529 g/mol. The minimum Gasteiger partial charge on any atom is -0.308 e. The van der Waals surface area contributed by atoms with Gasteiger partial charge in [0.25, 0.3) is 0 Å². The van der Waals surface area contributed by atoms with Crippen LogP contribution in [0.3, 0.4) is 0 Å². The predicted molar refractivity (Wildman–Crippen MR) is 135 cm³/mol. The van der Waals surface area contributed by atoms with Crippen molar-refractivity contribution < 1.29 is 22.4 Å². The molecule has 4 aromatic rings. The molecule has 0 radical (unpaired) electrons. The Balaban J connectivity index is 1.36. The summed E-state index contributed by atoms with van der Waals surface area (Å²) in [6.45, 7) is 0.164. The van der Waals surface area contributed by atoms with Crippen LogP contribution in [0.4, 0.5) is 10.1 Å². The van der Waals surface area contributed by atoms with E-state index in [1.165, 1.54) is 40.5 Å². The molecule has 35 heavy (non-hydrogen) atoms. The van der Waals surface area contributed by atoms with Gasteiger partial charge in [-0.15, -0.1) is 11.3 Å². The van der Waals surface area contributed by atoms with Crippen LogP contribution in [-0.4, -0.2) is 33.2 Å². The highest BCUT2D eigenvalue weighted by atomic mass is 35.5. The van der Waals surface area contributed by atoms with E-state index in [-0.39, 0.29) is 23.5 Å². The number of anilines is 1. The van der Waals surface area contributed by atoms with Crippen LogP contribution in [0.15, 0.2) is 70.9 Å². The summed E-state index contributed by atoms with van der Waals surface area (Å²) in [7, 11) is -3.99. The first kappa shape index (κ1) is 23.6. The normalized spacial score (nSPS) is 16.2. The fourth-order valence-electron chi connectivity index (χ4n) is 4.16. The molecular formula is C25H18ClFN2O4S2. The van der Waals surface area contributed by atoms with Gasteiger partial charge in [-0.3, -0.25) is 9.59 Å². The Morgan fingerprint density at radius 1 is 1.06 bits per heavy atom. The maximum absolute atomic E-state index is 15.0. The van der Waals surface area contributed by atoms with E-state index in [0.29, 0.717) is 32.7 Å². The molecule has 1 aliphatic rings. The molecule has 1 saturated heterocycles. The molecule has 1 unspecified atom stereocenters. The molecule has 178 valence electrons. The molecule has 1 aliphatic heterocycles. The first-order valence-electron chi connectivity index (χ1n) is 10.6. The Hall–Kier alpha value is -3.11. The van der Waals surface area contributed by atoms with Gasteiger partial charge in [-0.25, -0.2) is 12.8 Å². The summed E-state index contributed by atoms with van der Waals surface area (Å²) >= 11 is 7.31. The van der Waals surface area contributed by atoms with Crippen molar-refractivity contribution in [3.8, 4) is 10.4 Å². The first-order chi connectivity index (χ1) is 16.8. The van der Waals surface area contributed by atoms with Gasteiger partial charge in [0.2, 0.25) is 15.9 Å². The lowest BCUT2D eigenvalue weighted by Crippen LogP contribution is -2.41. The highest BCUT2D eigenvalue weighted by molar-refractivity contribution is 7.89. The summed E-state index contributed by atoms with van der Waals surface area (Å²) in [5.74, 6) is -1.16. The van der Waals surface area contributed by atoms with Crippen LogP contribution in [0.5, 0.6) is 0 Å². The van der Waals surface area contributed by atoms with Crippen LogP contribution in [-0.2, 0) is 14.8 Å². The van der Waals surface area contributed by atoms with E-state index >= 15 is 0 Å². The zero-order valence-electron chi connectivity index (χ0n) is 18.1. The molecule has 10 heteroatoms. The molecule has 1 atom stereocenters. The summed E-state index contributed by atoms with van der Waals surface area (Å²) < 4.78 is 43.4. The zero-order chi connectivity index (χ0) is 24.7. The van der Waals surface area contributed by atoms with Crippen molar-refractivity contribution >= 4 is 61.6 Å². The fraction of sp³-hybridized carbons (Fsp3) is 0.120. The second-order valence-electron chi connectivity index (χ2n) is 8.09. The Labute approximate surface area is 210 Å². The van der Waals surface area contributed by atoms with Crippen molar-refractivity contribution in [1.29, 1.82) is 0 Å². The van der Waals surface area contributed by atoms with E-state index in [1.54, 1.807) is 41.8 Å². The molecule has 0 bridgehead atoms. The van der Waals surface area contributed by atoms with E-state index in [4.69, 9.17) is 11.6 Å². The lowest BCUT2D eigenvalue weighted by Gasteiger charge is -2.18. The topological polar surface area (TPSA) is 83.6 Å². The molecule has 0 aliphatic carbocycles. The monoisotopic (exact) mass is 528 g/mol. The van der Waals surface area contributed by atoms with Gasteiger partial charge in [0.05, 0.1) is 10.6 Å². The lowest BCUT2D eigenvalue weighted by molar-refractivity contribution is -0.118. The first-order valence-corrected chi connectivity index (χ1v) is 13.4. The number of benzene rings is 3. The highest BCUT2D eigenvalue weighted by Gasteiger charge is 2.36. The number of aldehydes is 1. The lowest BCUT2D eigenvalue weighted by atomic mass is 10.1. The van der Waals surface area contributed by atoms with Crippen LogP contribution in [0.25, 0.3) is 21.2 Å². The molecule has 5 rings (SSSR count). The molecule has 1 aromatic heterocycles. The molecule has 3 aromatic carbocycles. The minimum atomic E-state index is -3.99. The SMILES string of the molecule is O=Cc1ccsc1-c1ccc(N2CCC(NS(=O)(=O)c3ccc4cc(Cl)ccc4c3)C2=O)c(F)c1. The quantitative estimate of drug-likeness (QED) is 0.346. The number of hydrogen-bond donors (Lipinski definition) is 1. The van der Waals surface area contributed by atoms with Crippen molar-refractivity contribution in [1.82, 2.24) is 4.72 Å². The molecular weight excluding hydrogens is 511 g/mol. The Morgan fingerprint density at radius 3 is 2.60 bits per heavy atom. The van der Waals surface area contributed by atoms with Gasteiger partial charge in [0.1, 0.15) is 11.9 Å². The zero-order valence-corrected chi connectivity index (χ0v) is 20.5. The second-order valence-corrected chi connectivity index (χ2v) is 11.2. The minimum absolute atomic E-state index is 0.0241. The molecule has 6 nitrogen and oxygen atoms in total. The third kappa shape index (κ3) is 4.48. The molecule has 1 amide bonds. The van der Waals surface area contributed by atoms with Crippen molar-refractivity contribution in [2.24, 2.45) is 0 Å². The number of nitrogens with zero attached hydrogens (tertiary/aromatic N) is 1. The Kier molecular flexibility index (Phi) is 6.18. The van der Waals surface area contributed by atoms with Crippen molar-refractivity contribution in [3.05, 3.63) is 82.4 Å². The van der Waals surface area contributed by atoms with Gasteiger partial charge >= 0.3 is 0 Å². The summed E-state index contributed by atoms with van der Waals surface area (Å²) in [5, 5.41) is 3.78. The predicted octanol–water partition coefficient (Wildman–Crippen LogP) is 5.26.